The highest BCUT2D eigenvalue weighted by atomic mass is 19.3. The van der Waals surface area contributed by atoms with Crippen molar-refractivity contribution in [2.24, 2.45) is 5.73 Å². The van der Waals surface area contributed by atoms with E-state index in [9.17, 15) is 13.9 Å². The zero-order valence-electron chi connectivity index (χ0n) is 9.01. The highest BCUT2D eigenvalue weighted by molar-refractivity contribution is 4.98. The molecule has 1 rings (SSSR count). The lowest BCUT2D eigenvalue weighted by Gasteiger charge is -2.41. The summed E-state index contributed by atoms with van der Waals surface area (Å²) in [5.41, 5.74) is 4.46. The van der Waals surface area contributed by atoms with Crippen LogP contribution in [-0.4, -0.2) is 36.4 Å². The molecule has 0 radical (unpaired) electrons. The molecule has 0 saturated heterocycles. The number of rotatable bonds is 4. The van der Waals surface area contributed by atoms with Gasteiger partial charge in [0.25, 0.3) is 0 Å². The molecular weight excluding hydrogens is 204 g/mol. The number of hydrogen-bond acceptors (Lipinski definition) is 3. The van der Waals surface area contributed by atoms with Gasteiger partial charge in [-0.15, -0.1) is 0 Å². The molecule has 5 heteroatoms. The van der Waals surface area contributed by atoms with Gasteiger partial charge in [0.15, 0.2) is 0 Å². The summed E-state index contributed by atoms with van der Waals surface area (Å²) in [5, 5.41) is 10.1. The van der Waals surface area contributed by atoms with Gasteiger partial charge in [0.05, 0.1) is 5.60 Å². The lowest BCUT2D eigenvalue weighted by molar-refractivity contribution is -0.119. The number of nitrogens with two attached hydrogens (primary N) is 1. The third kappa shape index (κ3) is 3.36. The molecule has 0 bridgehead atoms. The molecule has 2 unspecified atom stereocenters. The van der Waals surface area contributed by atoms with Crippen molar-refractivity contribution in [3.63, 3.8) is 0 Å². The lowest BCUT2D eigenvalue weighted by atomic mass is 9.76. The van der Waals surface area contributed by atoms with Crippen LogP contribution in [0.3, 0.4) is 0 Å². The summed E-state index contributed by atoms with van der Waals surface area (Å²) < 4.78 is 30.8. The van der Waals surface area contributed by atoms with Crippen LogP contribution in [0.25, 0.3) is 0 Å². The Labute approximate surface area is 88.6 Å². The van der Waals surface area contributed by atoms with Gasteiger partial charge < -0.3 is 15.6 Å². The van der Waals surface area contributed by atoms with E-state index < -0.39 is 24.0 Å². The molecule has 15 heavy (non-hydrogen) atoms. The molecule has 0 aromatic heterocycles. The Balaban J connectivity index is 2.47. The van der Waals surface area contributed by atoms with E-state index in [0.29, 0.717) is 19.4 Å². The number of ether oxygens (including phenoxy) is 1. The van der Waals surface area contributed by atoms with Crippen LogP contribution < -0.4 is 5.73 Å². The van der Waals surface area contributed by atoms with Gasteiger partial charge in [-0.1, -0.05) is 0 Å². The highest BCUT2D eigenvalue weighted by Gasteiger charge is 2.47. The van der Waals surface area contributed by atoms with Crippen LogP contribution in [0.15, 0.2) is 0 Å². The van der Waals surface area contributed by atoms with Gasteiger partial charge in [0.1, 0.15) is 0 Å². The van der Waals surface area contributed by atoms with Crippen LogP contribution in [0.2, 0.25) is 0 Å². The van der Waals surface area contributed by atoms with E-state index in [1.54, 1.807) is 7.11 Å². The Hall–Kier alpha value is -0.260. The molecule has 1 fully saturated rings. The number of halogens is 2. The SMILES string of the molecule is COCCCC1(O)CCC(F)(F)CC1N. The third-order valence-corrected chi connectivity index (χ3v) is 3.09. The molecule has 2 atom stereocenters. The van der Waals surface area contributed by atoms with Gasteiger partial charge >= 0.3 is 0 Å². The molecule has 0 spiro atoms. The number of alkyl halides is 2. The van der Waals surface area contributed by atoms with Gasteiger partial charge in [0, 0.05) is 32.6 Å². The quantitative estimate of drug-likeness (QED) is 0.706. The molecule has 1 aliphatic carbocycles. The summed E-state index contributed by atoms with van der Waals surface area (Å²) in [4.78, 5) is 0. The average Bonchev–Trinajstić information content (AvgIpc) is 2.13. The molecule has 0 amide bonds. The summed E-state index contributed by atoms with van der Waals surface area (Å²) in [6.45, 7) is 0.519. The predicted molar refractivity (Wildman–Crippen MR) is 52.8 cm³/mol. The normalized spacial score (nSPS) is 35.4. The first-order valence-electron chi connectivity index (χ1n) is 5.24. The maximum absolute atomic E-state index is 13.0. The van der Waals surface area contributed by atoms with Crippen LogP contribution in [0.4, 0.5) is 8.78 Å². The highest BCUT2D eigenvalue weighted by Crippen LogP contribution is 2.39. The topological polar surface area (TPSA) is 55.5 Å². The minimum absolute atomic E-state index is 0.0743. The van der Waals surface area contributed by atoms with Crippen LogP contribution in [0.1, 0.15) is 32.1 Å². The average molecular weight is 223 g/mol. The van der Waals surface area contributed by atoms with Crippen LogP contribution in [0, 0.1) is 0 Å². The minimum Gasteiger partial charge on any atom is -0.388 e. The number of hydrogen-bond donors (Lipinski definition) is 2. The largest absolute Gasteiger partial charge is 0.388 e. The maximum atomic E-state index is 13.0. The molecule has 3 N–H and O–H groups in total. The van der Waals surface area contributed by atoms with Crippen molar-refractivity contribution in [2.45, 2.75) is 49.7 Å². The van der Waals surface area contributed by atoms with Crippen molar-refractivity contribution in [1.82, 2.24) is 0 Å². The van der Waals surface area contributed by atoms with Gasteiger partial charge in [-0.05, 0) is 19.3 Å². The minimum atomic E-state index is -2.72. The summed E-state index contributed by atoms with van der Waals surface area (Å²) in [6.07, 6.45) is 0.454. The first-order chi connectivity index (χ1) is 6.90. The Morgan fingerprint density at radius 2 is 2.13 bits per heavy atom. The summed E-state index contributed by atoms with van der Waals surface area (Å²) in [5.74, 6) is -2.72. The molecule has 0 aromatic rings. The number of methoxy groups -OCH3 is 1. The Morgan fingerprint density at radius 3 is 2.67 bits per heavy atom. The van der Waals surface area contributed by atoms with Gasteiger partial charge in [-0.2, -0.15) is 0 Å². The second-order valence-corrected chi connectivity index (χ2v) is 4.37. The van der Waals surface area contributed by atoms with E-state index in [0.717, 1.165) is 0 Å². The standard InChI is InChI=1S/C10H19F2NO2/c1-15-6-2-3-9(14)4-5-10(11,12)7-8(9)13/h8,14H,2-7,13H2,1H3. The van der Waals surface area contributed by atoms with E-state index in [1.165, 1.54) is 0 Å². The van der Waals surface area contributed by atoms with Crippen molar-refractivity contribution < 1.29 is 18.6 Å². The molecule has 0 aliphatic heterocycles. The third-order valence-electron chi connectivity index (χ3n) is 3.09. The van der Waals surface area contributed by atoms with Crippen LogP contribution in [0.5, 0.6) is 0 Å². The molecule has 1 saturated carbocycles. The second kappa shape index (κ2) is 4.72. The second-order valence-electron chi connectivity index (χ2n) is 4.37. The van der Waals surface area contributed by atoms with Crippen molar-refractivity contribution in [1.29, 1.82) is 0 Å². The van der Waals surface area contributed by atoms with E-state index in [2.05, 4.69) is 0 Å². The Bertz CT molecular complexity index is 214. The fraction of sp³-hybridized carbons (Fsp3) is 1.00. The molecule has 0 heterocycles. The summed E-state index contributed by atoms with van der Waals surface area (Å²) in [6, 6.07) is -0.835. The van der Waals surface area contributed by atoms with Gasteiger partial charge in [-0.3, -0.25) is 0 Å². The van der Waals surface area contributed by atoms with E-state index in [4.69, 9.17) is 10.5 Å². The zero-order chi connectivity index (χ0) is 11.5. The van der Waals surface area contributed by atoms with E-state index >= 15 is 0 Å². The summed E-state index contributed by atoms with van der Waals surface area (Å²) >= 11 is 0. The predicted octanol–water partition coefficient (Wildman–Crippen LogP) is 1.29. The first-order valence-corrected chi connectivity index (χ1v) is 5.24. The van der Waals surface area contributed by atoms with Crippen LogP contribution in [-0.2, 0) is 4.74 Å². The summed E-state index contributed by atoms with van der Waals surface area (Å²) in [7, 11) is 1.57. The zero-order valence-corrected chi connectivity index (χ0v) is 9.01. The van der Waals surface area contributed by atoms with Gasteiger partial charge in [-0.25, -0.2) is 8.78 Å². The van der Waals surface area contributed by atoms with E-state index in [-0.39, 0.29) is 12.8 Å². The van der Waals surface area contributed by atoms with Crippen molar-refractivity contribution >= 4 is 0 Å². The van der Waals surface area contributed by atoms with Crippen molar-refractivity contribution in [2.75, 3.05) is 13.7 Å². The molecular formula is C10H19F2NO2. The fourth-order valence-corrected chi connectivity index (χ4v) is 2.03. The first kappa shape index (κ1) is 12.8. The van der Waals surface area contributed by atoms with Gasteiger partial charge in [0.2, 0.25) is 5.92 Å². The molecule has 1 aliphatic rings. The smallest absolute Gasteiger partial charge is 0.249 e. The van der Waals surface area contributed by atoms with Crippen molar-refractivity contribution in [3.8, 4) is 0 Å². The van der Waals surface area contributed by atoms with Crippen molar-refractivity contribution in [3.05, 3.63) is 0 Å². The van der Waals surface area contributed by atoms with E-state index in [1.807, 2.05) is 0 Å². The molecule has 90 valence electrons. The Morgan fingerprint density at radius 1 is 1.47 bits per heavy atom. The monoisotopic (exact) mass is 223 g/mol. The molecule has 3 nitrogen and oxygen atoms in total. The molecule has 0 aromatic carbocycles. The maximum Gasteiger partial charge on any atom is 0.249 e. The lowest BCUT2D eigenvalue weighted by Crippen LogP contribution is -2.55. The van der Waals surface area contributed by atoms with Crippen LogP contribution >= 0.6 is 0 Å². The number of aliphatic hydroxyl groups is 1. The Kier molecular flexibility index (Phi) is 4.03. The fourth-order valence-electron chi connectivity index (χ4n) is 2.03.